The second-order valence-electron chi connectivity index (χ2n) is 10.2. The summed E-state index contributed by atoms with van der Waals surface area (Å²) in [6.45, 7) is 6.18. The standard InChI is InChI=1S/C24H34N4O4S/c1-16-4-9-19(10-5-16)33(31,32)28-13-12-25-23(30)20(28)14-22(29)27-21-11-8-18(15-24(21,2)3)26-17-6-7-17/h4-5,9-10,12-13,17-18,20-21,26H,6-8,11,14-15H2,1-3H3,(H,25,30)(H,27,29)/t18-,20-,21+/m1/s1. The Kier molecular flexibility index (Phi) is 6.55. The number of aryl methyl sites for hydroxylation is 1. The Labute approximate surface area is 196 Å². The Morgan fingerprint density at radius 3 is 2.42 bits per heavy atom. The zero-order valence-electron chi connectivity index (χ0n) is 19.5. The summed E-state index contributed by atoms with van der Waals surface area (Å²) in [5.74, 6) is -0.832. The average Bonchev–Trinajstić information content (AvgIpc) is 3.55. The van der Waals surface area contributed by atoms with E-state index in [1.807, 2.05) is 6.92 Å². The van der Waals surface area contributed by atoms with Crippen LogP contribution in [0.2, 0.25) is 0 Å². The molecule has 4 rings (SSSR count). The number of rotatable bonds is 7. The highest BCUT2D eigenvalue weighted by Crippen LogP contribution is 2.37. The maximum absolute atomic E-state index is 13.2. The molecule has 2 fully saturated rings. The van der Waals surface area contributed by atoms with Crippen molar-refractivity contribution in [3.05, 3.63) is 42.2 Å². The number of hydrogen-bond acceptors (Lipinski definition) is 5. The first kappa shape index (κ1) is 23.8. The van der Waals surface area contributed by atoms with Crippen LogP contribution in [0.1, 0.15) is 57.9 Å². The number of carbonyl (C=O) groups excluding carboxylic acids is 2. The van der Waals surface area contributed by atoms with E-state index in [-0.39, 0.29) is 28.7 Å². The number of nitrogens with one attached hydrogen (secondary N) is 3. The second-order valence-corrected chi connectivity index (χ2v) is 12.1. The molecule has 1 aliphatic heterocycles. The zero-order chi connectivity index (χ0) is 23.8. The van der Waals surface area contributed by atoms with Crippen LogP contribution in [0.5, 0.6) is 0 Å². The van der Waals surface area contributed by atoms with E-state index >= 15 is 0 Å². The third kappa shape index (κ3) is 5.41. The minimum atomic E-state index is -3.98. The van der Waals surface area contributed by atoms with Gasteiger partial charge in [-0.1, -0.05) is 31.5 Å². The molecule has 2 aliphatic carbocycles. The molecule has 1 aromatic rings. The zero-order valence-corrected chi connectivity index (χ0v) is 20.3. The Morgan fingerprint density at radius 1 is 1.12 bits per heavy atom. The highest BCUT2D eigenvalue weighted by molar-refractivity contribution is 7.89. The van der Waals surface area contributed by atoms with Crippen LogP contribution in [0, 0.1) is 12.3 Å². The molecule has 3 atom stereocenters. The Bertz CT molecular complexity index is 1030. The van der Waals surface area contributed by atoms with Gasteiger partial charge in [0.05, 0.1) is 11.3 Å². The van der Waals surface area contributed by atoms with Gasteiger partial charge in [0.25, 0.3) is 10.0 Å². The topological polar surface area (TPSA) is 108 Å². The number of carbonyl (C=O) groups is 2. The Balaban J connectivity index is 1.43. The molecular formula is C24H34N4O4S. The molecule has 0 saturated heterocycles. The van der Waals surface area contributed by atoms with E-state index < -0.39 is 22.0 Å². The van der Waals surface area contributed by atoms with Crippen molar-refractivity contribution < 1.29 is 18.0 Å². The molecule has 0 unspecified atom stereocenters. The van der Waals surface area contributed by atoms with Crippen LogP contribution in [0.3, 0.4) is 0 Å². The van der Waals surface area contributed by atoms with Gasteiger partial charge in [0, 0.05) is 30.5 Å². The van der Waals surface area contributed by atoms with Crippen LogP contribution < -0.4 is 16.0 Å². The van der Waals surface area contributed by atoms with E-state index in [0.29, 0.717) is 12.1 Å². The van der Waals surface area contributed by atoms with Gasteiger partial charge >= 0.3 is 0 Å². The van der Waals surface area contributed by atoms with E-state index in [1.54, 1.807) is 12.1 Å². The fraction of sp³-hybridized carbons (Fsp3) is 0.583. The monoisotopic (exact) mass is 474 g/mol. The molecule has 0 spiro atoms. The average molecular weight is 475 g/mol. The molecule has 3 aliphatic rings. The van der Waals surface area contributed by atoms with Gasteiger partial charge in [-0.3, -0.25) is 13.9 Å². The van der Waals surface area contributed by atoms with E-state index in [4.69, 9.17) is 0 Å². The molecule has 3 N–H and O–H groups in total. The summed E-state index contributed by atoms with van der Waals surface area (Å²) in [7, 11) is -3.98. The van der Waals surface area contributed by atoms with Crippen molar-refractivity contribution in [1.29, 1.82) is 0 Å². The SMILES string of the molecule is Cc1ccc(S(=O)(=O)N2C=CNC(=O)[C@H]2CC(=O)N[C@H]2CC[C@@H](NC3CC3)CC2(C)C)cc1. The maximum Gasteiger partial charge on any atom is 0.264 e. The first-order chi connectivity index (χ1) is 15.6. The van der Waals surface area contributed by atoms with Crippen LogP contribution in [-0.4, -0.2) is 48.7 Å². The number of nitrogens with zero attached hydrogens (tertiary/aromatic N) is 1. The minimum Gasteiger partial charge on any atom is -0.353 e. The van der Waals surface area contributed by atoms with Crippen LogP contribution >= 0.6 is 0 Å². The van der Waals surface area contributed by atoms with Crippen molar-refractivity contribution >= 4 is 21.8 Å². The molecule has 9 heteroatoms. The molecule has 2 amide bonds. The summed E-state index contributed by atoms with van der Waals surface area (Å²) in [4.78, 5) is 25.7. The fourth-order valence-corrected chi connectivity index (χ4v) is 6.28. The van der Waals surface area contributed by atoms with Crippen molar-refractivity contribution in [2.75, 3.05) is 0 Å². The first-order valence-corrected chi connectivity index (χ1v) is 13.1. The lowest BCUT2D eigenvalue weighted by atomic mass is 9.71. The third-order valence-electron chi connectivity index (χ3n) is 6.94. The molecule has 180 valence electrons. The van der Waals surface area contributed by atoms with Gasteiger partial charge in [0.15, 0.2) is 0 Å². The van der Waals surface area contributed by atoms with Crippen molar-refractivity contribution in [1.82, 2.24) is 20.3 Å². The molecule has 0 radical (unpaired) electrons. The molecule has 8 nitrogen and oxygen atoms in total. The summed E-state index contributed by atoms with van der Waals surface area (Å²) in [6.07, 6.45) is 7.67. The second kappa shape index (κ2) is 9.10. The largest absolute Gasteiger partial charge is 0.353 e. The fourth-order valence-electron chi connectivity index (χ4n) is 4.83. The Morgan fingerprint density at radius 2 is 1.79 bits per heavy atom. The van der Waals surface area contributed by atoms with Crippen LogP contribution in [-0.2, 0) is 19.6 Å². The normalized spacial score (nSPS) is 27.2. The summed E-state index contributed by atoms with van der Waals surface area (Å²) < 4.78 is 27.4. The van der Waals surface area contributed by atoms with Gasteiger partial charge in [-0.15, -0.1) is 0 Å². The molecular weight excluding hydrogens is 440 g/mol. The summed E-state index contributed by atoms with van der Waals surface area (Å²) in [6, 6.07) is 6.39. The third-order valence-corrected chi connectivity index (χ3v) is 8.73. The molecule has 2 saturated carbocycles. The number of hydrogen-bond donors (Lipinski definition) is 3. The number of sulfonamides is 1. The molecule has 0 aromatic heterocycles. The predicted octanol–water partition coefficient (Wildman–Crippen LogP) is 2.16. The van der Waals surface area contributed by atoms with Crippen molar-refractivity contribution in [2.45, 2.75) is 88.4 Å². The van der Waals surface area contributed by atoms with Crippen molar-refractivity contribution in [3.8, 4) is 0 Å². The van der Waals surface area contributed by atoms with Crippen LogP contribution in [0.15, 0.2) is 41.6 Å². The predicted molar refractivity (Wildman–Crippen MR) is 125 cm³/mol. The van der Waals surface area contributed by atoms with Gasteiger partial charge in [-0.05, 0) is 56.6 Å². The van der Waals surface area contributed by atoms with E-state index in [9.17, 15) is 18.0 Å². The lowest BCUT2D eigenvalue weighted by molar-refractivity contribution is -0.130. The molecule has 1 aromatic carbocycles. The quantitative estimate of drug-likeness (QED) is 0.561. The van der Waals surface area contributed by atoms with Gasteiger partial charge in [-0.25, -0.2) is 8.42 Å². The summed E-state index contributed by atoms with van der Waals surface area (Å²) in [5.41, 5.74) is 0.838. The van der Waals surface area contributed by atoms with E-state index in [1.165, 1.54) is 37.4 Å². The van der Waals surface area contributed by atoms with Crippen LogP contribution in [0.4, 0.5) is 0 Å². The van der Waals surface area contributed by atoms with E-state index in [2.05, 4.69) is 29.8 Å². The summed E-state index contributed by atoms with van der Waals surface area (Å²) in [5, 5.41) is 9.32. The van der Waals surface area contributed by atoms with E-state index in [0.717, 1.165) is 29.1 Å². The lowest BCUT2D eigenvalue weighted by Crippen LogP contribution is -2.55. The Hall–Kier alpha value is -2.39. The molecule has 33 heavy (non-hydrogen) atoms. The van der Waals surface area contributed by atoms with Gasteiger partial charge in [0.2, 0.25) is 11.8 Å². The lowest BCUT2D eigenvalue weighted by Gasteiger charge is -2.43. The van der Waals surface area contributed by atoms with Crippen LogP contribution in [0.25, 0.3) is 0 Å². The first-order valence-electron chi connectivity index (χ1n) is 11.7. The maximum atomic E-state index is 13.2. The minimum absolute atomic E-state index is 0.0217. The highest BCUT2D eigenvalue weighted by atomic mass is 32.2. The summed E-state index contributed by atoms with van der Waals surface area (Å²) >= 11 is 0. The highest BCUT2D eigenvalue weighted by Gasteiger charge is 2.41. The van der Waals surface area contributed by atoms with Gasteiger partial charge in [-0.2, -0.15) is 0 Å². The van der Waals surface area contributed by atoms with Crippen molar-refractivity contribution in [3.63, 3.8) is 0 Å². The van der Waals surface area contributed by atoms with Gasteiger partial charge in [0.1, 0.15) is 6.04 Å². The van der Waals surface area contributed by atoms with Gasteiger partial charge < -0.3 is 16.0 Å². The number of benzene rings is 1. The molecule has 1 heterocycles. The number of amides is 2. The van der Waals surface area contributed by atoms with Crippen molar-refractivity contribution in [2.24, 2.45) is 5.41 Å². The molecule has 0 bridgehead atoms. The smallest absolute Gasteiger partial charge is 0.264 e.